The highest BCUT2D eigenvalue weighted by molar-refractivity contribution is 5.79. The van der Waals surface area contributed by atoms with Crippen molar-refractivity contribution >= 4 is 5.91 Å². The third-order valence-corrected chi connectivity index (χ3v) is 5.99. The van der Waals surface area contributed by atoms with Crippen LogP contribution >= 0.6 is 0 Å². The van der Waals surface area contributed by atoms with Crippen LogP contribution in [0.2, 0.25) is 0 Å². The van der Waals surface area contributed by atoms with Gasteiger partial charge in [-0.1, -0.05) is 25.7 Å². The second-order valence-corrected chi connectivity index (χ2v) is 7.04. The molecule has 3 fully saturated rings. The van der Waals surface area contributed by atoms with E-state index in [4.69, 9.17) is 5.73 Å². The number of nitrogens with zero attached hydrogens (tertiary/aromatic N) is 1. The molecular weight excluding hydrogens is 236 g/mol. The van der Waals surface area contributed by atoms with Gasteiger partial charge in [0.25, 0.3) is 0 Å². The Balaban J connectivity index is 1.61. The molecule has 0 aromatic rings. The minimum Gasteiger partial charge on any atom is -0.338 e. The van der Waals surface area contributed by atoms with Crippen LogP contribution in [0.15, 0.2) is 0 Å². The molecule has 1 amide bonds. The number of likely N-dealkylation sites (tertiary alicyclic amines) is 1. The van der Waals surface area contributed by atoms with E-state index in [1.165, 1.54) is 32.1 Å². The average Bonchev–Trinajstić information content (AvgIpc) is 2.78. The predicted octanol–water partition coefficient (Wildman–Crippen LogP) is 2.54. The first-order valence-electron chi connectivity index (χ1n) is 8.23. The molecule has 5 unspecified atom stereocenters. The normalized spacial score (nSPS) is 43.1. The lowest BCUT2D eigenvalue weighted by Crippen LogP contribution is -2.45. The number of rotatable bonds is 1. The van der Waals surface area contributed by atoms with E-state index in [0.29, 0.717) is 11.8 Å². The fourth-order valence-corrected chi connectivity index (χ4v) is 4.61. The first-order chi connectivity index (χ1) is 9.16. The molecule has 0 radical (unpaired) electrons. The molecule has 2 N–H and O–H groups in total. The van der Waals surface area contributed by atoms with Crippen LogP contribution in [-0.4, -0.2) is 29.4 Å². The van der Waals surface area contributed by atoms with Gasteiger partial charge in [-0.2, -0.15) is 0 Å². The second-order valence-electron chi connectivity index (χ2n) is 7.04. The Bertz CT molecular complexity index is 344. The summed E-state index contributed by atoms with van der Waals surface area (Å²) < 4.78 is 0. The van der Waals surface area contributed by atoms with Crippen molar-refractivity contribution in [1.82, 2.24) is 4.90 Å². The SMILES string of the molecule is CC1C(N)CCN1C(=O)C1CCC2CCCCC2C1. The van der Waals surface area contributed by atoms with Crippen LogP contribution in [-0.2, 0) is 4.79 Å². The zero-order chi connectivity index (χ0) is 13.4. The molecule has 0 spiro atoms. The zero-order valence-electron chi connectivity index (χ0n) is 12.2. The van der Waals surface area contributed by atoms with E-state index in [0.717, 1.165) is 37.6 Å². The molecule has 3 nitrogen and oxygen atoms in total. The van der Waals surface area contributed by atoms with Crippen molar-refractivity contribution in [2.75, 3.05) is 6.54 Å². The molecule has 5 atom stereocenters. The molecule has 19 heavy (non-hydrogen) atoms. The molecule has 3 aliphatic rings. The maximum atomic E-state index is 12.7. The van der Waals surface area contributed by atoms with E-state index in [1.807, 2.05) is 0 Å². The van der Waals surface area contributed by atoms with Gasteiger partial charge in [0.1, 0.15) is 0 Å². The maximum Gasteiger partial charge on any atom is 0.225 e. The molecule has 2 aliphatic carbocycles. The van der Waals surface area contributed by atoms with Gasteiger partial charge in [-0.05, 0) is 44.4 Å². The van der Waals surface area contributed by atoms with Crippen molar-refractivity contribution in [3.05, 3.63) is 0 Å². The fraction of sp³-hybridized carbons (Fsp3) is 0.938. The molecule has 3 heteroatoms. The van der Waals surface area contributed by atoms with Gasteiger partial charge in [-0.25, -0.2) is 0 Å². The van der Waals surface area contributed by atoms with Gasteiger partial charge in [0.15, 0.2) is 0 Å². The number of hydrogen-bond donors (Lipinski definition) is 1. The summed E-state index contributed by atoms with van der Waals surface area (Å²) in [5, 5.41) is 0. The summed E-state index contributed by atoms with van der Waals surface area (Å²) in [6, 6.07) is 0.437. The van der Waals surface area contributed by atoms with Gasteiger partial charge in [0.2, 0.25) is 5.91 Å². The highest BCUT2D eigenvalue weighted by Crippen LogP contribution is 2.43. The standard InChI is InChI=1S/C16H28N2O/c1-11-15(17)8-9-18(11)16(19)14-7-6-12-4-2-3-5-13(12)10-14/h11-15H,2-10,17H2,1H3. The summed E-state index contributed by atoms with van der Waals surface area (Å²) in [6.45, 7) is 2.99. The number of hydrogen-bond acceptors (Lipinski definition) is 2. The smallest absolute Gasteiger partial charge is 0.225 e. The van der Waals surface area contributed by atoms with E-state index in [9.17, 15) is 4.79 Å². The first kappa shape index (κ1) is 13.4. The molecule has 1 heterocycles. The summed E-state index contributed by atoms with van der Waals surface area (Å²) in [4.78, 5) is 14.8. The number of nitrogens with two attached hydrogens (primary N) is 1. The Labute approximate surface area is 116 Å². The lowest BCUT2D eigenvalue weighted by Gasteiger charge is -2.40. The fourth-order valence-electron chi connectivity index (χ4n) is 4.61. The maximum absolute atomic E-state index is 12.7. The number of amides is 1. The summed E-state index contributed by atoms with van der Waals surface area (Å²) in [6.07, 6.45) is 10.1. The van der Waals surface area contributed by atoms with Crippen LogP contribution in [0.1, 0.15) is 58.3 Å². The van der Waals surface area contributed by atoms with Gasteiger partial charge in [-0.3, -0.25) is 4.79 Å². The topological polar surface area (TPSA) is 46.3 Å². The number of carbonyl (C=O) groups is 1. The Hall–Kier alpha value is -0.570. The summed E-state index contributed by atoms with van der Waals surface area (Å²) in [5.74, 6) is 2.47. The Morgan fingerprint density at radius 3 is 2.47 bits per heavy atom. The van der Waals surface area contributed by atoms with Crippen molar-refractivity contribution in [3.8, 4) is 0 Å². The van der Waals surface area contributed by atoms with Crippen molar-refractivity contribution in [2.24, 2.45) is 23.5 Å². The van der Waals surface area contributed by atoms with E-state index < -0.39 is 0 Å². The average molecular weight is 264 g/mol. The van der Waals surface area contributed by atoms with Gasteiger partial charge in [0, 0.05) is 24.5 Å². The molecule has 108 valence electrons. The van der Waals surface area contributed by atoms with Gasteiger partial charge >= 0.3 is 0 Å². The number of fused-ring (bicyclic) bond motifs is 1. The highest BCUT2D eigenvalue weighted by atomic mass is 16.2. The van der Waals surface area contributed by atoms with Crippen LogP contribution in [0.5, 0.6) is 0 Å². The lowest BCUT2D eigenvalue weighted by molar-refractivity contribution is -0.138. The lowest BCUT2D eigenvalue weighted by atomic mass is 9.67. The third-order valence-electron chi connectivity index (χ3n) is 5.99. The van der Waals surface area contributed by atoms with Crippen molar-refractivity contribution < 1.29 is 4.79 Å². The largest absolute Gasteiger partial charge is 0.338 e. The summed E-state index contributed by atoms with van der Waals surface area (Å²) >= 11 is 0. The Morgan fingerprint density at radius 2 is 1.79 bits per heavy atom. The van der Waals surface area contributed by atoms with Crippen molar-refractivity contribution in [3.63, 3.8) is 0 Å². The zero-order valence-corrected chi connectivity index (χ0v) is 12.2. The van der Waals surface area contributed by atoms with Gasteiger partial charge < -0.3 is 10.6 Å². The van der Waals surface area contributed by atoms with Crippen LogP contribution < -0.4 is 5.73 Å². The minimum absolute atomic E-state index is 0.190. The highest BCUT2D eigenvalue weighted by Gasteiger charge is 2.39. The molecule has 0 aromatic carbocycles. The monoisotopic (exact) mass is 264 g/mol. The van der Waals surface area contributed by atoms with Crippen molar-refractivity contribution in [2.45, 2.75) is 70.4 Å². The third kappa shape index (κ3) is 2.54. The molecule has 1 aliphatic heterocycles. The minimum atomic E-state index is 0.190. The van der Waals surface area contributed by atoms with E-state index in [1.54, 1.807) is 0 Å². The van der Waals surface area contributed by atoms with Gasteiger partial charge in [-0.15, -0.1) is 0 Å². The molecular formula is C16H28N2O. The van der Waals surface area contributed by atoms with Gasteiger partial charge in [0.05, 0.1) is 0 Å². The molecule has 0 bridgehead atoms. The summed E-state index contributed by atoms with van der Waals surface area (Å²) in [5.41, 5.74) is 6.05. The summed E-state index contributed by atoms with van der Waals surface area (Å²) in [7, 11) is 0. The Kier molecular flexibility index (Phi) is 3.84. The van der Waals surface area contributed by atoms with E-state index in [2.05, 4.69) is 11.8 Å². The van der Waals surface area contributed by atoms with Crippen LogP contribution in [0.4, 0.5) is 0 Å². The predicted molar refractivity (Wildman–Crippen MR) is 76.6 cm³/mol. The number of carbonyl (C=O) groups excluding carboxylic acids is 1. The van der Waals surface area contributed by atoms with E-state index in [-0.39, 0.29) is 12.1 Å². The molecule has 2 saturated carbocycles. The van der Waals surface area contributed by atoms with E-state index >= 15 is 0 Å². The van der Waals surface area contributed by atoms with Crippen molar-refractivity contribution in [1.29, 1.82) is 0 Å². The molecule has 0 aromatic heterocycles. The molecule has 3 rings (SSSR count). The Morgan fingerprint density at radius 1 is 1.05 bits per heavy atom. The van der Waals surface area contributed by atoms with Crippen LogP contribution in [0.25, 0.3) is 0 Å². The quantitative estimate of drug-likeness (QED) is 0.791. The van der Waals surface area contributed by atoms with Crippen LogP contribution in [0, 0.1) is 17.8 Å². The first-order valence-corrected chi connectivity index (χ1v) is 8.23. The molecule has 1 saturated heterocycles. The van der Waals surface area contributed by atoms with Crippen LogP contribution in [0.3, 0.4) is 0 Å². The second kappa shape index (κ2) is 5.43.